The second-order valence-corrected chi connectivity index (χ2v) is 8.44. The maximum atomic E-state index is 13.2. The molecule has 5 nitrogen and oxygen atoms in total. The molecule has 0 saturated carbocycles. The molecule has 3 aromatic rings. The minimum atomic E-state index is -0.703. The van der Waals surface area contributed by atoms with Gasteiger partial charge in [-0.25, -0.2) is 0 Å². The third-order valence-corrected chi connectivity index (χ3v) is 5.99. The van der Waals surface area contributed by atoms with Gasteiger partial charge in [-0.1, -0.05) is 76.6 Å². The van der Waals surface area contributed by atoms with Gasteiger partial charge in [0.1, 0.15) is 11.8 Å². The number of hydrogen-bond donors (Lipinski definition) is 2. The van der Waals surface area contributed by atoms with E-state index in [9.17, 15) is 9.59 Å². The Kier molecular flexibility index (Phi) is 8.45. The highest BCUT2D eigenvalue weighted by molar-refractivity contribution is 9.10. The fourth-order valence-electron chi connectivity index (χ4n) is 3.41. The molecule has 0 radical (unpaired) electrons. The molecular weight excluding hydrogens is 468 g/mol. The number of hydrogen-bond acceptors (Lipinski definition) is 3. The maximum absolute atomic E-state index is 13.2. The van der Waals surface area contributed by atoms with Crippen LogP contribution in [0, 0.1) is 0 Å². The molecule has 6 heteroatoms. The Bertz CT molecular complexity index is 1040. The van der Waals surface area contributed by atoms with Crippen LogP contribution in [0.15, 0.2) is 83.3 Å². The van der Waals surface area contributed by atoms with E-state index < -0.39 is 6.04 Å². The van der Waals surface area contributed by atoms with Gasteiger partial charge in [-0.2, -0.15) is 0 Å². The molecule has 0 aromatic heterocycles. The van der Waals surface area contributed by atoms with Crippen LogP contribution in [0.3, 0.4) is 0 Å². The summed E-state index contributed by atoms with van der Waals surface area (Å²) >= 11 is 3.54. The third-order valence-electron chi connectivity index (χ3n) is 5.22. The molecule has 0 saturated heterocycles. The molecular formula is C26H27BrN2O3. The van der Waals surface area contributed by atoms with Gasteiger partial charge in [-0.3, -0.25) is 9.59 Å². The van der Waals surface area contributed by atoms with Gasteiger partial charge >= 0.3 is 0 Å². The van der Waals surface area contributed by atoms with E-state index in [2.05, 4.69) is 26.6 Å². The second-order valence-electron chi connectivity index (χ2n) is 7.58. The topological polar surface area (TPSA) is 67.4 Å². The van der Waals surface area contributed by atoms with Crippen molar-refractivity contribution in [3.63, 3.8) is 0 Å². The average Bonchev–Trinajstić information content (AvgIpc) is 2.81. The fraction of sp³-hybridized carbons (Fsp3) is 0.231. The molecule has 2 amide bonds. The first-order valence-corrected chi connectivity index (χ1v) is 11.3. The molecule has 3 rings (SSSR count). The molecule has 0 aliphatic heterocycles. The predicted octanol–water partition coefficient (Wildman–Crippen LogP) is 4.61. The minimum Gasteiger partial charge on any atom is -0.497 e. The summed E-state index contributed by atoms with van der Waals surface area (Å²) in [5.41, 5.74) is 2.80. The Hall–Kier alpha value is -3.12. The third kappa shape index (κ3) is 6.69. The number of carbonyl (C=O) groups is 2. The molecule has 0 aliphatic carbocycles. The number of amides is 2. The SMILES string of the molecule is COc1ccc(CC(=O)N[C@@H](Cc2ccccc2Br)C(=O)N[C@@H](C)c2ccccc2)cc1. The molecule has 0 fully saturated rings. The standard InChI is InChI=1S/C26H27BrN2O3/c1-18(20-8-4-3-5-9-20)28-26(31)24(17-21-10-6-7-11-23(21)27)29-25(30)16-19-12-14-22(32-2)15-13-19/h3-15,18,24H,16-17H2,1-2H3,(H,28,31)(H,29,30)/t18-,24-/m0/s1. The fourth-order valence-corrected chi connectivity index (χ4v) is 3.85. The van der Waals surface area contributed by atoms with E-state index >= 15 is 0 Å². The van der Waals surface area contributed by atoms with E-state index in [1.165, 1.54) is 0 Å². The second kappa shape index (κ2) is 11.5. The zero-order valence-corrected chi connectivity index (χ0v) is 19.8. The molecule has 166 valence electrons. The van der Waals surface area contributed by atoms with Crippen LogP contribution in [0.4, 0.5) is 0 Å². The summed E-state index contributed by atoms with van der Waals surface area (Å²) in [5.74, 6) is 0.296. The maximum Gasteiger partial charge on any atom is 0.243 e. The van der Waals surface area contributed by atoms with Crippen LogP contribution in [0.1, 0.15) is 29.7 Å². The van der Waals surface area contributed by atoms with Crippen LogP contribution in [-0.2, 0) is 22.4 Å². The first-order valence-electron chi connectivity index (χ1n) is 10.5. The van der Waals surface area contributed by atoms with Crippen LogP contribution in [0.5, 0.6) is 5.75 Å². The number of ether oxygens (including phenoxy) is 1. The Morgan fingerprint density at radius 3 is 2.22 bits per heavy atom. The largest absolute Gasteiger partial charge is 0.497 e. The van der Waals surface area contributed by atoms with Gasteiger partial charge in [0.25, 0.3) is 0 Å². The van der Waals surface area contributed by atoms with Crippen LogP contribution in [0.2, 0.25) is 0 Å². The van der Waals surface area contributed by atoms with E-state index in [-0.39, 0.29) is 24.3 Å². The first-order chi connectivity index (χ1) is 15.5. The average molecular weight is 495 g/mol. The van der Waals surface area contributed by atoms with Crippen molar-refractivity contribution in [2.24, 2.45) is 0 Å². The van der Waals surface area contributed by atoms with Crippen molar-refractivity contribution >= 4 is 27.7 Å². The van der Waals surface area contributed by atoms with E-state index in [1.807, 2.05) is 85.8 Å². The highest BCUT2D eigenvalue weighted by Gasteiger charge is 2.24. The summed E-state index contributed by atoms with van der Waals surface area (Å²) in [7, 11) is 1.60. The number of benzene rings is 3. The summed E-state index contributed by atoms with van der Waals surface area (Å²) in [6, 6.07) is 23.9. The lowest BCUT2D eigenvalue weighted by Gasteiger charge is -2.22. The van der Waals surface area contributed by atoms with Crippen LogP contribution in [-0.4, -0.2) is 25.0 Å². The van der Waals surface area contributed by atoms with Gasteiger partial charge in [-0.15, -0.1) is 0 Å². The predicted molar refractivity (Wildman–Crippen MR) is 129 cm³/mol. The molecule has 3 aromatic carbocycles. The molecule has 2 N–H and O–H groups in total. The molecule has 0 bridgehead atoms. The van der Waals surface area contributed by atoms with Crippen LogP contribution >= 0.6 is 15.9 Å². The molecule has 0 unspecified atom stereocenters. The normalized spacial score (nSPS) is 12.5. The van der Waals surface area contributed by atoms with Crippen molar-refractivity contribution in [3.05, 3.63) is 100 Å². The first kappa shape index (κ1) is 23.5. The van der Waals surface area contributed by atoms with E-state index in [0.29, 0.717) is 6.42 Å². The van der Waals surface area contributed by atoms with Gasteiger partial charge in [0.05, 0.1) is 19.6 Å². The van der Waals surface area contributed by atoms with Crippen molar-refractivity contribution in [1.82, 2.24) is 10.6 Å². The summed E-state index contributed by atoms with van der Waals surface area (Å²) in [4.78, 5) is 25.9. The zero-order valence-electron chi connectivity index (χ0n) is 18.2. The molecule has 32 heavy (non-hydrogen) atoms. The Balaban J connectivity index is 1.72. The monoisotopic (exact) mass is 494 g/mol. The lowest BCUT2D eigenvalue weighted by Crippen LogP contribution is -2.49. The van der Waals surface area contributed by atoms with Crippen molar-refractivity contribution < 1.29 is 14.3 Å². The summed E-state index contributed by atoms with van der Waals surface area (Å²) in [5, 5.41) is 5.96. The summed E-state index contributed by atoms with van der Waals surface area (Å²) in [6.07, 6.45) is 0.557. The van der Waals surface area contributed by atoms with E-state index in [0.717, 1.165) is 26.9 Å². The van der Waals surface area contributed by atoms with Crippen LogP contribution in [0.25, 0.3) is 0 Å². The Labute approximate surface area is 197 Å². The quantitative estimate of drug-likeness (QED) is 0.456. The number of rotatable bonds is 9. The number of nitrogens with one attached hydrogen (secondary N) is 2. The number of methoxy groups -OCH3 is 1. The van der Waals surface area contributed by atoms with Gasteiger partial charge in [-0.05, 0) is 41.8 Å². The molecule has 2 atom stereocenters. The lowest BCUT2D eigenvalue weighted by atomic mass is 10.0. The van der Waals surface area contributed by atoms with Gasteiger partial charge in [0, 0.05) is 10.9 Å². The summed E-state index contributed by atoms with van der Waals surface area (Å²) < 4.78 is 6.06. The zero-order chi connectivity index (χ0) is 22.9. The Morgan fingerprint density at radius 1 is 0.906 bits per heavy atom. The number of carbonyl (C=O) groups excluding carboxylic acids is 2. The summed E-state index contributed by atoms with van der Waals surface area (Å²) in [6.45, 7) is 1.93. The lowest BCUT2D eigenvalue weighted by molar-refractivity contribution is -0.129. The van der Waals surface area contributed by atoms with Crippen molar-refractivity contribution in [3.8, 4) is 5.75 Å². The van der Waals surface area contributed by atoms with Gasteiger partial charge in [0.2, 0.25) is 11.8 Å². The highest BCUT2D eigenvalue weighted by Crippen LogP contribution is 2.19. The number of halogens is 1. The van der Waals surface area contributed by atoms with Crippen molar-refractivity contribution in [2.75, 3.05) is 7.11 Å². The van der Waals surface area contributed by atoms with E-state index in [4.69, 9.17) is 4.74 Å². The molecule has 0 aliphatic rings. The van der Waals surface area contributed by atoms with Gasteiger partial charge in [0.15, 0.2) is 0 Å². The van der Waals surface area contributed by atoms with Gasteiger partial charge < -0.3 is 15.4 Å². The smallest absolute Gasteiger partial charge is 0.243 e. The van der Waals surface area contributed by atoms with Crippen LogP contribution < -0.4 is 15.4 Å². The van der Waals surface area contributed by atoms with E-state index in [1.54, 1.807) is 7.11 Å². The minimum absolute atomic E-state index is 0.177. The van der Waals surface area contributed by atoms with Crippen molar-refractivity contribution in [2.45, 2.75) is 31.8 Å². The Morgan fingerprint density at radius 2 is 1.56 bits per heavy atom. The highest BCUT2D eigenvalue weighted by atomic mass is 79.9. The molecule has 0 spiro atoms. The molecule has 0 heterocycles. The van der Waals surface area contributed by atoms with Crippen molar-refractivity contribution in [1.29, 1.82) is 0 Å².